The van der Waals surface area contributed by atoms with Crippen LogP contribution in [0.25, 0.3) is 0 Å². The summed E-state index contributed by atoms with van der Waals surface area (Å²) in [4.78, 5) is 34.7. The van der Waals surface area contributed by atoms with E-state index in [0.29, 0.717) is 10.7 Å². The third kappa shape index (κ3) is 4.71. The van der Waals surface area contributed by atoms with Gasteiger partial charge in [-0.2, -0.15) is 0 Å². The Balaban J connectivity index is 2.13. The third-order valence-corrected chi connectivity index (χ3v) is 3.96. The molecule has 0 aliphatic heterocycles. The third-order valence-electron chi connectivity index (χ3n) is 3.49. The minimum atomic E-state index is -1.18. The molecule has 2 aromatic rings. The fourth-order valence-corrected chi connectivity index (χ4v) is 2.41. The first kappa shape index (κ1) is 19.7. The second-order valence-electron chi connectivity index (χ2n) is 5.41. The number of hydrogen-bond donors (Lipinski definition) is 1. The lowest BCUT2D eigenvalue weighted by atomic mass is 10.2. The number of halogens is 2. The molecule has 136 valence electrons. The minimum absolute atomic E-state index is 0.107. The van der Waals surface area contributed by atoms with Crippen molar-refractivity contribution in [1.82, 2.24) is 0 Å². The quantitative estimate of drug-likeness (QED) is 0.458. The van der Waals surface area contributed by atoms with Gasteiger partial charge in [0.1, 0.15) is 5.56 Å². The van der Waals surface area contributed by atoms with Crippen LogP contribution in [0.4, 0.5) is 11.4 Å². The van der Waals surface area contributed by atoms with E-state index in [1.54, 1.807) is 25.1 Å². The van der Waals surface area contributed by atoms with Gasteiger partial charge >= 0.3 is 5.97 Å². The first-order chi connectivity index (χ1) is 12.2. The Hall–Kier alpha value is -2.64. The van der Waals surface area contributed by atoms with Gasteiger partial charge in [-0.15, -0.1) is 0 Å². The molecule has 0 aliphatic rings. The molecule has 1 N–H and O–H groups in total. The van der Waals surface area contributed by atoms with Crippen LogP contribution in [0.2, 0.25) is 10.0 Å². The molecule has 0 radical (unpaired) electrons. The molecule has 0 fully saturated rings. The number of anilines is 1. The molecule has 2 aromatic carbocycles. The Kier molecular flexibility index (Phi) is 6.18. The maximum Gasteiger partial charge on any atom is 0.345 e. The van der Waals surface area contributed by atoms with Crippen molar-refractivity contribution < 1.29 is 19.2 Å². The maximum atomic E-state index is 12.2. The number of nitrogens with one attached hydrogen (secondary N) is 1. The molecule has 0 aliphatic carbocycles. The summed E-state index contributed by atoms with van der Waals surface area (Å²) in [7, 11) is 0. The molecule has 0 spiro atoms. The van der Waals surface area contributed by atoms with Gasteiger partial charge in [-0.25, -0.2) is 4.79 Å². The number of carbonyl (C=O) groups is 2. The summed E-state index contributed by atoms with van der Waals surface area (Å²) in [5, 5.41) is 14.2. The zero-order valence-corrected chi connectivity index (χ0v) is 15.3. The number of esters is 1. The minimum Gasteiger partial charge on any atom is -0.449 e. The van der Waals surface area contributed by atoms with E-state index < -0.39 is 28.6 Å². The molecule has 1 atom stereocenters. The Bertz CT molecular complexity index is 885. The second-order valence-corrected chi connectivity index (χ2v) is 6.29. The van der Waals surface area contributed by atoms with Crippen molar-refractivity contribution in [3.8, 4) is 0 Å². The number of hydrogen-bond acceptors (Lipinski definition) is 5. The van der Waals surface area contributed by atoms with E-state index in [9.17, 15) is 19.7 Å². The first-order valence-electron chi connectivity index (χ1n) is 7.41. The van der Waals surface area contributed by atoms with Gasteiger partial charge in [-0.3, -0.25) is 14.9 Å². The number of ether oxygens (including phenoxy) is 1. The zero-order chi connectivity index (χ0) is 19.4. The molecular weight excluding hydrogens is 383 g/mol. The normalized spacial score (nSPS) is 11.5. The van der Waals surface area contributed by atoms with Crippen molar-refractivity contribution in [2.45, 2.75) is 20.0 Å². The highest BCUT2D eigenvalue weighted by atomic mass is 35.5. The van der Waals surface area contributed by atoms with Crippen LogP contribution in [0.5, 0.6) is 0 Å². The molecule has 2 rings (SSSR count). The lowest BCUT2D eigenvalue weighted by Crippen LogP contribution is -2.30. The second kappa shape index (κ2) is 8.16. The monoisotopic (exact) mass is 396 g/mol. The van der Waals surface area contributed by atoms with Crippen molar-refractivity contribution in [1.29, 1.82) is 0 Å². The molecule has 26 heavy (non-hydrogen) atoms. The van der Waals surface area contributed by atoms with E-state index in [-0.39, 0.29) is 10.6 Å². The maximum absolute atomic E-state index is 12.2. The van der Waals surface area contributed by atoms with Gasteiger partial charge in [0.05, 0.1) is 4.92 Å². The number of nitro groups is 1. The molecule has 0 bridgehead atoms. The molecule has 7 nitrogen and oxygen atoms in total. The van der Waals surface area contributed by atoms with E-state index >= 15 is 0 Å². The van der Waals surface area contributed by atoms with Crippen LogP contribution in [-0.4, -0.2) is 22.9 Å². The van der Waals surface area contributed by atoms with Crippen LogP contribution in [0.1, 0.15) is 22.8 Å². The van der Waals surface area contributed by atoms with Crippen LogP contribution in [0.15, 0.2) is 36.4 Å². The standard InChI is InChI=1S/C17H14Cl2N2O5/c1-9-3-4-11(18)7-14(9)20-16(22)10(2)26-17(23)13-6-5-12(19)8-15(13)21(24)25/h3-8,10H,1-2H3,(H,20,22). The van der Waals surface area contributed by atoms with Gasteiger partial charge < -0.3 is 10.1 Å². The lowest BCUT2D eigenvalue weighted by molar-refractivity contribution is -0.385. The van der Waals surface area contributed by atoms with E-state index in [0.717, 1.165) is 11.6 Å². The molecule has 1 amide bonds. The van der Waals surface area contributed by atoms with Gasteiger partial charge in [0.2, 0.25) is 0 Å². The number of carbonyl (C=O) groups excluding carboxylic acids is 2. The summed E-state index contributed by atoms with van der Waals surface area (Å²) in [5.41, 5.74) is 0.455. The van der Waals surface area contributed by atoms with Crippen molar-refractivity contribution in [3.63, 3.8) is 0 Å². The van der Waals surface area contributed by atoms with Crippen LogP contribution in [0, 0.1) is 17.0 Å². The Labute approximate surface area is 159 Å². The lowest BCUT2D eigenvalue weighted by Gasteiger charge is -2.15. The fraction of sp³-hybridized carbons (Fsp3) is 0.176. The Morgan fingerprint density at radius 2 is 1.77 bits per heavy atom. The molecular formula is C17H14Cl2N2O5. The summed E-state index contributed by atoms with van der Waals surface area (Å²) in [5.74, 6) is -1.60. The topological polar surface area (TPSA) is 98.5 Å². The van der Waals surface area contributed by atoms with E-state index in [1.165, 1.54) is 19.1 Å². The van der Waals surface area contributed by atoms with Gasteiger partial charge in [-0.1, -0.05) is 29.3 Å². The van der Waals surface area contributed by atoms with Crippen LogP contribution < -0.4 is 5.32 Å². The van der Waals surface area contributed by atoms with Gasteiger partial charge in [0, 0.05) is 21.8 Å². The summed E-state index contributed by atoms with van der Waals surface area (Å²) < 4.78 is 5.04. The van der Waals surface area contributed by atoms with Gasteiger partial charge in [0.25, 0.3) is 11.6 Å². The van der Waals surface area contributed by atoms with Crippen molar-refractivity contribution in [2.75, 3.05) is 5.32 Å². The number of aryl methyl sites for hydroxylation is 1. The number of nitrogens with zero attached hydrogens (tertiary/aromatic N) is 1. The predicted octanol–water partition coefficient (Wildman–Crippen LogP) is 4.39. The van der Waals surface area contributed by atoms with Crippen molar-refractivity contribution in [3.05, 3.63) is 67.7 Å². The van der Waals surface area contributed by atoms with E-state index in [1.807, 2.05) is 0 Å². The summed E-state index contributed by atoms with van der Waals surface area (Å²) in [6.07, 6.45) is -1.18. The van der Waals surface area contributed by atoms with E-state index in [4.69, 9.17) is 27.9 Å². The fourth-order valence-electron chi connectivity index (χ4n) is 2.07. The summed E-state index contributed by atoms with van der Waals surface area (Å²) >= 11 is 11.6. The number of nitro benzene ring substituents is 1. The molecule has 0 saturated heterocycles. The highest BCUT2D eigenvalue weighted by Gasteiger charge is 2.26. The zero-order valence-electron chi connectivity index (χ0n) is 13.8. The van der Waals surface area contributed by atoms with Gasteiger partial charge in [-0.05, 0) is 43.7 Å². The largest absolute Gasteiger partial charge is 0.449 e. The van der Waals surface area contributed by atoms with Crippen molar-refractivity contribution in [2.24, 2.45) is 0 Å². The van der Waals surface area contributed by atoms with Crippen LogP contribution in [-0.2, 0) is 9.53 Å². The van der Waals surface area contributed by atoms with Gasteiger partial charge in [0.15, 0.2) is 6.10 Å². The molecule has 1 unspecified atom stereocenters. The first-order valence-corrected chi connectivity index (χ1v) is 8.16. The van der Waals surface area contributed by atoms with Crippen LogP contribution >= 0.6 is 23.2 Å². The number of benzene rings is 2. The molecule has 0 saturated carbocycles. The Morgan fingerprint density at radius 1 is 1.15 bits per heavy atom. The highest BCUT2D eigenvalue weighted by Crippen LogP contribution is 2.25. The predicted molar refractivity (Wildman–Crippen MR) is 97.8 cm³/mol. The summed E-state index contributed by atoms with van der Waals surface area (Å²) in [6.45, 7) is 3.13. The molecule has 0 heterocycles. The smallest absolute Gasteiger partial charge is 0.345 e. The Morgan fingerprint density at radius 3 is 2.42 bits per heavy atom. The SMILES string of the molecule is Cc1ccc(Cl)cc1NC(=O)C(C)OC(=O)c1ccc(Cl)cc1[N+](=O)[O-]. The highest BCUT2D eigenvalue weighted by molar-refractivity contribution is 6.31. The van der Waals surface area contributed by atoms with E-state index in [2.05, 4.69) is 5.32 Å². The average Bonchev–Trinajstić information content (AvgIpc) is 2.57. The summed E-state index contributed by atoms with van der Waals surface area (Å²) in [6, 6.07) is 8.51. The average molecular weight is 397 g/mol. The van der Waals surface area contributed by atoms with Crippen molar-refractivity contribution >= 4 is 46.5 Å². The molecule has 0 aromatic heterocycles. The van der Waals surface area contributed by atoms with Crippen LogP contribution in [0.3, 0.4) is 0 Å². The number of amides is 1. The number of rotatable bonds is 5. The molecule has 9 heteroatoms.